The molecule has 0 radical (unpaired) electrons. The predicted molar refractivity (Wildman–Crippen MR) is 146 cm³/mol. The highest BCUT2D eigenvalue weighted by Crippen LogP contribution is 2.45. The minimum absolute atomic E-state index is 0.00426. The molecule has 1 spiro atoms. The molecule has 2 N–H and O–H groups in total. The number of nitrogens with one attached hydrogen (secondary N) is 2. The molecule has 0 saturated carbocycles. The van der Waals surface area contributed by atoms with Gasteiger partial charge in [-0.3, -0.25) is 9.89 Å². The molecule has 4 aromatic rings. The van der Waals surface area contributed by atoms with Gasteiger partial charge in [0.05, 0.1) is 34.6 Å². The van der Waals surface area contributed by atoms with Gasteiger partial charge in [-0.15, -0.1) is 11.3 Å². The first-order valence-corrected chi connectivity index (χ1v) is 15.4. The number of rotatable bonds is 5. The number of likely N-dealkylation sites (tertiary alicyclic amines) is 1. The van der Waals surface area contributed by atoms with E-state index >= 15 is 0 Å². The second-order valence-corrected chi connectivity index (χ2v) is 14.5. The van der Waals surface area contributed by atoms with Crippen molar-refractivity contribution in [3.8, 4) is 5.75 Å². The SMILES string of the molecule is CC(C)Oc1cc2[nH]ncc2cc1Nc1ncnc2sc3c(c12)CCC(C(=O)N1CC2(CCS2(=O)=O)C1)C3. The number of aromatic nitrogens is 4. The maximum atomic E-state index is 13.2. The summed E-state index contributed by atoms with van der Waals surface area (Å²) in [4.78, 5) is 26.2. The van der Waals surface area contributed by atoms with Gasteiger partial charge < -0.3 is 15.0 Å². The molecule has 38 heavy (non-hydrogen) atoms. The Bertz CT molecular complexity index is 1700. The second-order valence-electron chi connectivity index (χ2n) is 10.9. The van der Waals surface area contributed by atoms with Crippen molar-refractivity contribution < 1.29 is 17.9 Å². The summed E-state index contributed by atoms with van der Waals surface area (Å²) in [5.41, 5.74) is 2.88. The minimum Gasteiger partial charge on any atom is -0.489 e. The van der Waals surface area contributed by atoms with Crippen molar-refractivity contribution in [1.29, 1.82) is 0 Å². The fraction of sp³-hybridized carbons (Fsp3) is 0.462. The van der Waals surface area contributed by atoms with E-state index in [2.05, 4.69) is 25.5 Å². The first kappa shape index (κ1) is 23.8. The zero-order valence-corrected chi connectivity index (χ0v) is 22.8. The Morgan fingerprint density at radius 3 is 2.87 bits per heavy atom. The number of ether oxygens (including phenoxy) is 1. The van der Waals surface area contributed by atoms with Crippen molar-refractivity contribution in [3.63, 3.8) is 0 Å². The van der Waals surface area contributed by atoms with Crippen LogP contribution in [0.4, 0.5) is 11.5 Å². The average Bonchev–Trinajstić information content (AvgIpc) is 3.46. The van der Waals surface area contributed by atoms with Crippen molar-refractivity contribution in [2.24, 2.45) is 5.92 Å². The van der Waals surface area contributed by atoms with Gasteiger partial charge in [0.25, 0.3) is 0 Å². The Hall–Kier alpha value is -3.25. The number of H-pyrrole nitrogens is 1. The molecular formula is C26H28N6O4S2. The zero-order chi connectivity index (χ0) is 26.2. The standard InChI is InChI=1S/C26H28N6O4S2/c1-14(2)36-20-9-18-16(10-29-31-18)7-19(20)30-23-22-17-4-3-15(8-21(17)37-24(22)28-13-27-23)25(33)32-11-26(12-32)5-6-38(26,34)35/h7,9-10,13-15H,3-6,8,11-12H2,1-2H3,(H,29,31)(H,27,28,30). The molecule has 1 amide bonds. The Kier molecular flexibility index (Phi) is 5.25. The lowest BCUT2D eigenvalue weighted by molar-refractivity contribution is -0.141. The topological polar surface area (TPSA) is 130 Å². The van der Waals surface area contributed by atoms with Crippen LogP contribution in [0.5, 0.6) is 5.75 Å². The van der Waals surface area contributed by atoms with Crippen molar-refractivity contribution >= 4 is 59.7 Å². The lowest BCUT2D eigenvalue weighted by atomic mass is 9.85. The summed E-state index contributed by atoms with van der Waals surface area (Å²) >= 11 is 1.61. The van der Waals surface area contributed by atoms with Crippen LogP contribution < -0.4 is 10.1 Å². The molecule has 1 unspecified atom stereocenters. The Labute approximate surface area is 223 Å². The molecule has 10 nitrogen and oxygen atoms in total. The molecule has 2 aliphatic heterocycles. The van der Waals surface area contributed by atoms with Crippen molar-refractivity contribution in [2.45, 2.75) is 50.4 Å². The van der Waals surface area contributed by atoms with Gasteiger partial charge in [0, 0.05) is 35.3 Å². The second kappa shape index (κ2) is 8.37. The molecule has 198 valence electrons. The van der Waals surface area contributed by atoms with Crippen LogP contribution in [0.1, 0.15) is 37.1 Å². The number of thiophene rings is 1. The van der Waals surface area contributed by atoms with Crippen molar-refractivity contribution in [3.05, 3.63) is 35.1 Å². The van der Waals surface area contributed by atoms with Crippen LogP contribution in [-0.4, -0.2) is 69.1 Å². The molecule has 2 fully saturated rings. The number of sulfone groups is 1. The van der Waals surface area contributed by atoms with Gasteiger partial charge in [0.15, 0.2) is 9.84 Å². The van der Waals surface area contributed by atoms with E-state index in [9.17, 15) is 13.2 Å². The third kappa shape index (κ3) is 3.60. The number of anilines is 2. The van der Waals surface area contributed by atoms with Gasteiger partial charge in [-0.1, -0.05) is 0 Å². The number of carbonyl (C=O) groups excluding carboxylic acids is 1. The number of nitrogens with zero attached hydrogens (tertiary/aromatic N) is 4. The highest BCUT2D eigenvalue weighted by Gasteiger charge is 2.61. The fourth-order valence-corrected chi connectivity index (χ4v) is 9.03. The van der Waals surface area contributed by atoms with Crippen molar-refractivity contribution in [1.82, 2.24) is 25.1 Å². The normalized spacial score (nSPS) is 21.3. The summed E-state index contributed by atoms with van der Waals surface area (Å²) in [6.07, 6.45) is 6.14. The van der Waals surface area contributed by atoms with E-state index in [4.69, 9.17) is 4.74 Å². The van der Waals surface area contributed by atoms with Gasteiger partial charge in [-0.25, -0.2) is 18.4 Å². The molecule has 1 atom stereocenters. The van der Waals surface area contributed by atoms with E-state index in [1.54, 1.807) is 28.8 Å². The first-order valence-electron chi connectivity index (χ1n) is 12.9. The summed E-state index contributed by atoms with van der Waals surface area (Å²) in [5.74, 6) is 1.62. The molecule has 1 aliphatic carbocycles. The number of hydrogen-bond acceptors (Lipinski definition) is 9. The van der Waals surface area contributed by atoms with Crippen molar-refractivity contribution in [2.75, 3.05) is 24.2 Å². The number of benzene rings is 1. The van der Waals surface area contributed by atoms with Gasteiger partial charge >= 0.3 is 0 Å². The fourth-order valence-electron chi connectivity index (χ4n) is 5.94. The number of amides is 1. The number of hydrogen-bond donors (Lipinski definition) is 2. The highest BCUT2D eigenvalue weighted by molar-refractivity contribution is 7.94. The monoisotopic (exact) mass is 552 g/mol. The van der Waals surface area contributed by atoms with E-state index in [0.717, 1.165) is 44.5 Å². The van der Waals surface area contributed by atoms with Gasteiger partial charge in [0.2, 0.25) is 5.91 Å². The largest absolute Gasteiger partial charge is 0.489 e. The predicted octanol–water partition coefficient (Wildman–Crippen LogP) is 3.60. The maximum Gasteiger partial charge on any atom is 0.226 e. The number of fused-ring (bicyclic) bond motifs is 4. The van der Waals surface area contributed by atoms with Gasteiger partial charge in [-0.2, -0.15) is 5.10 Å². The van der Waals surface area contributed by atoms with E-state index < -0.39 is 14.6 Å². The van der Waals surface area contributed by atoms with E-state index in [0.29, 0.717) is 37.5 Å². The van der Waals surface area contributed by atoms with Crippen LogP contribution in [0.3, 0.4) is 0 Å². The van der Waals surface area contributed by atoms with Crippen LogP contribution in [0.2, 0.25) is 0 Å². The Balaban J connectivity index is 1.16. The number of aromatic amines is 1. The van der Waals surface area contributed by atoms with Crippen LogP contribution in [-0.2, 0) is 27.5 Å². The average molecular weight is 553 g/mol. The van der Waals surface area contributed by atoms with Gasteiger partial charge in [-0.05, 0) is 51.2 Å². The minimum atomic E-state index is -3.03. The molecule has 1 aromatic carbocycles. The molecular weight excluding hydrogens is 524 g/mol. The Morgan fingerprint density at radius 1 is 1.29 bits per heavy atom. The third-order valence-electron chi connectivity index (χ3n) is 8.11. The molecule has 0 bridgehead atoms. The zero-order valence-electron chi connectivity index (χ0n) is 21.2. The quantitative estimate of drug-likeness (QED) is 0.384. The Morgan fingerprint density at radius 2 is 2.13 bits per heavy atom. The first-order chi connectivity index (χ1) is 18.2. The van der Waals surface area contributed by atoms with Crippen LogP contribution in [0.25, 0.3) is 21.1 Å². The van der Waals surface area contributed by atoms with E-state index in [-0.39, 0.29) is 23.7 Å². The maximum absolute atomic E-state index is 13.2. The summed E-state index contributed by atoms with van der Waals surface area (Å²) in [6, 6.07) is 3.94. The summed E-state index contributed by atoms with van der Waals surface area (Å²) in [5, 5.41) is 12.6. The molecule has 12 heteroatoms. The lowest BCUT2D eigenvalue weighted by Gasteiger charge is -2.55. The lowest BCUT2D eigenvalue weighted by Crippen LogP contribution is -2.73. The summed E-state index contributed by atoms with van der Waals surface area (Å²) in [6.45, 7) is 4.68. The summed E-state index contributed by atoms with van der Waals surface area (Å²) in [7, 11) is -3.03. The van der Waals surface area contributed by atoms with E-state index in [1.165, 1.54) is 5.56 Å². The van der Waals surface area contributed by atoms with E-state index in [1.807, 2.05) is 26.0 Å². The summed E-state index contributed by atoms with van der Waals surface area (Å²) < 4.78 is 29.7. The van der Waals surface area contributed by atoms with Crippen LogP contribution in [0.15, 0.2) is 24.7 Å². The van der Waals surface area contributed by atoms with Crippen LogP contribution >= 0.6 is 11.3 Å². The van der Waals surface area contributed by atoms with Crippen LogP contribution in [0, 0.1) is 5.92 Å². The molecule has 3 aliphatic rings. The third-order valence-corrected chi connectivity index (χ3v) is 11.8. The molecule has 5 heterocycles. The van der Waals surface area contributed by atoms with Gasteiger partial charge in [0.1, 0.15) is 27.5 Å². The smallest absolute Gasteiger partial charge is 0.226 e. The number of carbonyl (C=O) groups is 1. The highest BCUT2D eigenvalue weighted by atomic mass is 32.2. The number of aryl methyl sites for hydroxylation is 1. The molecule has 3 aromatic heterocycles. The molecule has 2 saturated heterocycles. The molecule has 7 rings (SSSR count).